The Morgan fingerprint density at radius 1 is 1.04 bits per heavy atom. The van der Waals surface area contributed by atoms with Gasteiger partial charge in [0.25, 0.3) is 0 Å². The van der Waals surface area contributed by atoms with Crippen LogP contribution >= 0.6 is 11.6 Å². The zero-order valence-electron chi connectivity index (χ0n) is 14.4. The summed E-state index contributed by atoms with van der Waals surface area (Å²) in [6.07, 6.45) is 0.988. The SMILES string of the molecule is CN(C)CCCOc1cccc(-c2cc(-c3ccc(Cl)cc3)on2)c1. The number of aromatic nitrogens is 1. The van der Waals surface area contributed by atoms with Gasteiger partial charge in [-0.2, -0.15) is 0 Å². The Bertz CT molecular complexity index is 813. The predicted octanol–water partition coefficient (Wildman–Crippen LogP) is 4.99. The maximum Gasteiger partial charge on any atom is 0.167 e. The van der Waals surface area contributed by atoms with Gasteiger partial charge in [-0.15, -0.1) is 0 Å². The third-order valence-electron chi connectivity index (χ3n) is 3.79. The van der Waals surface area contributed by atoms with E-state index in [2.05, 4.69) is 24.2 Å². The maximum absolute atomic E-state index is 5.92. The summed E-state index contributed by atoms with van der Waals surface area (Å²) in [5.41, 5.74) is 2.69. The van der Waals surface area contributed by atoms with E-state index in [0.29, 0.717) is 17.4 Å². The lowest BCUT2D eigenvalue weighted by molar-refractivity contribution is 0.281. The minimum atomic E-state index is 0.691. The lowest BCUT2D eigenvalue weighted by atomic mass is 10.1. The zero-order valence-corrected chi connectivity index (χ0v) is 15.2. The van der Waals surface area contributed by atoms with Crippen LogP contribution in [0.25, 0.3) is 22.6 Å². The van der Waals surface area contributed by atoms with Gasteiger partial charge in [0.05, 0.1) is 6.61 Å². The van der Waals surface area contributed by atoms with Crippen molar-refractivity contribution in [1.29, 1.82) is 0 Å². The van der Waals surface area contributed by atoms with Crippen molar-refractivity contribution in [2.45, 2.75) is 6.42 Å². The highest BCUT2D eigenvalue weighted by Gasteiger charge is 2.09. The molecule has 0 saturated heterocycles. The van der Waals surface area contributed by atoms with Crippen LogP contribution in [-0.2, 0) is 0 Å². The molecule has 0 fully saturated rings. The highest BCUT2D eigenvalue weighted by Crippen LogP contribution is 2.28. The molecule has 0 aliphatic heterocycles. The zero-order chi connectivity index (χ0) is 17.6. The lowest BCUT2D eigenvalue weighted by Gasteiger charge is -2.10. The van der Waals surface area contributed by atoms with Crippen LogP contribution in [-0.4, -0.2) is 37.3 Å². The standard InChI is InChI=1S/C20H21ClN2O2/c1-23(2)11-4-12-24-18-6-3-5-16(13-18)19-14-20(25-22-19)15-7-9-17(21)10-8-15/h3,5-10,13-14H,4,11-12H2,1-2H3. The number of ether oxygens (including phenoxy) is 1. The minimum absolute atomic E-state index is 0.691. The van der Waals surface area contributed by atoms with Crippen LogP contribution in [0.2, 0.25) is 5.02 Å². The van der Waals surface area contributed by atoms with Crippen LogP contribution in [0.3, 0.4) is 0 Å². The van der Waals surface area contributed by atoms with E-state index in [4.69, 9.17) is 20.9 Å². The summed E-state index contributed by atoms with van der Waals surface area (Å²) < 4.78 is 11.3. The number of nitrogens with zero attached hydrogens (tertiary/aromatic N) is 2. The molecule has 0 spiro atoms. The van der Waals surface area contributed by atoms with Crippen LogP contribution in [0, 0.1) is 0 Å². The second kappa shape index (κ2) is 8.19. The van der Waals surface area contributed by atoms with Crippen molar-refractivity contribution in [3.8, 4) is 28.3 Å². The normalized spacial score (nSPS) is 11.0. The minimum Gasteiger partial charge on any atom is -0.494 e. The molecule has 130 valence electrons. The molecule has 0 aliphatic rings. The van der Waals surface area contributed by atoms with Crippen molar-refractivity contribution in [3.05, 3.63) is 59.6 Å². The fourth-order valence-corrected chi connectivity index (χ4v) is 2.60. The molecule has 25 heavy (non-hydrogen) atoms. The number of rotatable bonds is 7. The Morgan fingerprint density at radius 3 is 2.60 bits per heavy atom. The number of halogens is 1. The van der Waals surface area contributed by atoms with Gasteiger partial charge in [0.15, 0.2) is 5.76 Å². The average molecular weight is 357 g/mol. The lowest BCUT2D eigenvalue weighted by Crippen LogP contribution is -2.15. The second-order valence-corrected chi connectivity index (χ2v) is 6.55. The molecule has 0 radical (unpaired) electrons. The summed E-state index contributed by atoms with van der Waals surface area (Å²) in [6, 6.07) is 17.3. The van der Waals surface area contributed by atoms with Gasteiger partial charge < -0.3 is 14.2 Å². The van der Waals surface area contributed by atoms with Gasteiger partial charge in [0, 0.05) is 28.8 Å². The van der Waals surface area contributed by atoms with Crippen molar-refractivity contribution in [2.75, 3.05) is 27.2 Å². The first-order chi connectivity index (χ1) is 12.1. The first-order valence-electron chi connectivity index (χ1n) is 8.22. The van der Waals surface area contributed by atoms with Gasteiger partial charge >= 0.3 is 0 Å². The molecule has 4 nitrogen and oxygen atoms in total. The molecule has 5 heteroatoms. The first-order valence-corrected chi connectivity index (χ1v) is 8.60. The molecule has 0 atom stereocenters. The van der Waals surface area contributed by atoms with Gasteiger partial charge in [-0.25, -0.2) is 0 Å². The van der Waals surface area contributed by atoms with E-state index in [1.54, 1.807) is 0 Å². The van der Waals surface area contributed by atoms with Gasteiger partial charge in [0.1, 0.15) is 11.4 Å². The van der Waals surface area contributed by atoms with E-state index >= 15 is 0 Å². The van der Waals surface area contributed by atoms with E-state index < -0.39 is 0 Å². The predicted molar refractivity (Wildman–Crippen MR) is 101 cm³/mol. The Morgan fingerprint density at radius 2 is 1.84 bits per heavy atom. The molecule has 1 aromatic heterocycles. The van der Waals surface area contributed by atoms with Crippen LogP contribution < -0.4 is 4.74 Å². The fraction of sp³-hybridized carbons (Fsp3) is 0.250. The molecular formula is C20H21ClN2O2. The summed E-state index contributed by atoms with van der Waals surface area (Å²) in [6.45, 7) is 1.70. The molecule has 3 rings (SSSR count). The summed E-state index contributed by atoms with van der Waals surface area (Å²) >= 11 is 5.92. The van der Waals surface area contributed by atoms with Crippen molar-refractivity contribution < 1.29 is 9.26 Å². The van der Waals surface area contributed by atoms with Crippen LogP contribution in [0.1, 0.15) is 6.42 Å². The monoisotopic (exact) mass is 356 g/mol. The average Bonchev–Trinajstić information content (AvgIpc) is 3.10. The highest BCUT2D eigenvalue weighted by atomic mass is 35.5. The summed E-state index contributed by atoms with van der Waals surface area (Å²) in [4.78, 5) is 2.15. The fourth-order valence-electron chi connectivity index (χ4n) is 2.48. The van der Waals surface area contributed by atoms with Gasteiger partial charge in [-0.1, -0.05) is 28.9 Å². The van der Waals surface area contributed by atoms with Crippen LogP contribution in [0.15, 0.2) is 59.1 Å². The molecule has 0 N–H and O–H groups in total. The topological polar surface area (TPSA) is 38.5 Å². The Hall–Kier alpha value is -2.30. The molecule has 0 aliphatic carbocycles. The van der Waals surface area contributed by atoms with E-state index in [0.717, 1.165) is 35.5 Å². The third kappa shape index (κ3) is 4.84. The largest absolute Gasteiger partial charge is 0.494 e. The van der Waals surface area contributed by atoms with Gasteiger partial charge in [-0.05, 0) is 56.9 Å². The van der Waals surface area contributed by atoms with E-state index in [1.807, 2.05) is 54.6 Å². The quantitative estimate of drug-likeness (QED) is 0.559. The molecule has 0 saturated carbocycles. The Labute approximate surface area is 153 Å². The van der Waals surface area contributed by atoms with Crippen molar-refractivity contribution >= 4 is 11.6 Å². The molecule has 0 bridgehead atoms. The maximum atomic E-state index is 5.92. The Balaban J connectivity index is 1.70. The van der Waals surface area contributed by atoms with Crippen molar-refractivity contribution in [3.63, 3.8) is 0 Å². The Kier molecular flexibility index (Phi) is 5.74. The van der Waals surface area contributed by atoms with E-state index in [-0.39, 0.29) is 0 Å². The molecule has 0 unspecified atom stereocenters. The van der Waals surface area contributed by atoms with Crippen molar-refractivity contribution in [2.24, 2.45) is 0 Å². The summed E-state index contributed by atoms with van der Waals surface area (Å²) in [5.74, 6) is 1.55. The third-order valence-corrected chi connectivity index (χ3v) is 4.04. The van der Waals surface area contributed by atoms with Gasteiger partial charge in [-0.3, -0.25) is 0 Å². The van der Waals surface area contributed by atoms with E-state index in [9.17, 15) is 0 Å². The van der Waals surface area contributed by atoms with E-state index in [1.165, 1.54) is 0 Å². The van der Waals surface area contributed by atoms with Crippen LogP contribution in [0.4, 0.5) is 0 Å². The van der Waals surface area contributed by atoms with Crippen molar-refractivity contribution in [1.82, 2.24) is 10.1 Å². The highest BCUT2D eigenvalue weighted by molar-refractivity contribution is 6.30. The molecular weight excluding hydrogens is 336 g/mol. The number of benzene rings is 2. The smallest absolute Gasteiger partial charge is 0.167 e. The van der Waals surface area contributed by atoms with Gasteiger partial charge in [0.2, 0.25) is 0 Å². The van der Waals surface area contributed by atoms with Crippen LogP contribution in [0.5, 0.6) is 5.75 Å². The summed E-state index contributed by atoms with van der Waals surface area (Å²) in [5, 5.41) is 4.87. The second-order valence-electron chi connectivity index (χ2n) is 6.12. The summed E-state index contributed by atoms with van der Waals surface area (Å²) in [7, 11) is 4.12. The first kappa shape index (κ1) is 17.5. The molecule has 3 aromatic rings. The number of hydrogen-bond acceptors (Lipinski definition) is 4. The molecule has 0 amide bonds. The molecule has 1 heterocycles. The molecule has 2 aromatic carbocycles. The number of hydrogen-bond donors (Lipinski definition) is 0.